The van der Waals surface area contributed by atoms with Gasteiger partial charge in [0.2, 0.25) is 5.91 Å². The number of hydrogen-bond donors (Lipinski definition) is 2. The zero-order valence-corrected chi connectivity index (χ0v) is 14.1. The monoisotopic (exact) mass is 356 g/mol. The van der Waals surface area contributed by atoms with Gasteiger partial charge in [0.05, 0.1) is 4.47 Å². The average Bonchev–Trinajstić information content (AvgIpc) is 2.45. The zero-order valence-electron chi connectivity index (χ0n) is 12.5. The molecule has 3 nitrogen and oxygen atoms in total. The summed E-state index contributed by atoms with van der Waals surface area (Å²) in [7, 11) is 0. The third kappa shape index (κ3) is 4.51. The van der Waals surface area contributed by atoms with Crippen LogP contribution in [0.15, 0.2) is 16.6 Å². The van der Waals surface area contributed by atoms with Crippen LogP contribution in [0.1, 0.15) is 31.7 Å². The van der Waals surface area contributed by atoms with Gasteiger partial charge in [-0.1, -0.05) is 6.92 Å². The molecule has 1 aromatic carbocycles. The van der Waals surface area contributed by atoms with E-state index >= 15 is 0 Å². The summed E-state index contributed by atoms with van der Waals surface area (Å²) in [6.07, 6.45) is 2.87. The fourth-order valence-corrected chi connectivity index (χ4v) is 3.15. The Kier molecular flexibility index (Phi) is 5.76. The lowest BCUT2D eigenvalue weighted by atomic mass is 9.85. The van der Waals surface area contributed by atoms with Gasteiger partial charge in [-0.15, -0.1) is 0 Å². The minimum Gasteiger partial charge on any atom is -0.326 e. The second kappa shape index (κ2) is 7.36. The van der Waals surface area contributed by atoms with Crippen LogP contribution in [0.3, 0.4) is 0 Å². The molecule has 2 atom stereocenters. The van der Waals surface area contributed by atoms with Crippen LogP contribution < -0.4 is 10.6 Å². The van der Waals surface area contributed by atoms with Crippen molar-refractivity contribution in [3.63, 3.8) is 0 Å². The minimum absolute atomic E-state index is 0.00492. The molecular formula is C16H22BrFN2O. The number of piperidine rings is 1. The third-order valence-electron chi connectivity index (χ3n) is 4.19. The number of halogens is 2. The number of aryl methyl sites for hydroxylation is 1. The molecule has 0 aliphatic carbocycles. The standard InChI is InChI=1S/C16H22BrFN2O/c1-10(12-4-3-5-19-9-12)7-16(21)20-15-8-13(17)14(18)6-11(15)2/h6,8,10,12,19H,3-5,7,9H2,1-2H3,(H,20,21). The third-order valence-corrected chi connectivity index (χ3v) is 4.80. The maximum Gasteiger partial charge on any atom is 0.224 e. The maximum absolute atomic E-state index is 13.4. The Morgan fingerprint density at radius 3 is 3.00 bits per heavy atom. The topological polar surface area (TPSA) is 41.1 Å². The summed E-state index contributed by atoms with van der Waals surface area (Å²) < 4.78 is 13.8. The Morgan fingerprint density at radius 2 is 2.33 bits per heavy atom. The van der Waals surface area contributed by atoms with Crippen molar-refractivity contribution in [3.05, 3.63) is 28.0 Å². The SMILES string of the molecule is Cc1cc(F)c(Br)cc1NC(=O)CC(C)C1CCCNC1. The van der Waals surface area contributed by atoms with Gasteiger partial charge in [-0.25, -0.2) is 4.39 Å². The number of rotatable bonds is 4. The summed E-state index contributed by atoms with van der Waals surface area (Å²) in [5.41, 5.74) is 1.40. The summed E-state index contributed by atoms with van der Waals surface area (Å²) in [6, 6.07) is 3.05. The van der Waals surface area contributed by atoms with Crippen LogP contribution in [-0.2, 0) is 4.79 Å². The van der Waals surface area contributed by atoms with Crippen LogP contribution in [0.5, 0.6) is 0 Å². The first kappa shape index (κ1) is 16.4. The lowest BCUT2D eigenvalue weighted by Crippen LogP contribution is -2.34. The molecule has 1 amide bonds. The van der Waals surface area contributed by atoms with Crippen molar-refractivity contribution in [1.82, 2.24) is 5.32 Å². The van der Waals surface area contributed by atoms with Crippen molar-refractivity contribution >= 4 is 27.5 Å². The smallest absolute Gasteiger partial charge is 0.224 e. The van der Waals surface area contributed by atoms with Crippen LogP contribution in [0, 0.1) is 24.6 Å². The van der Waals surface area contributed by atoms with E-state index in [-0.39, 0.29) is 11.7 Å². The normalized spacial score (nSPS) is 20.1. The van der Waals surface area contributed by atoms with E-state index in [9.17, 15) is 9.18 Å². The second-order valence-corrected chi connectivity index (χ2v) is 6.77. The Bertz CT molecular complexity index is 515. The second-order valence-electron chi connectivity index (χ2n) is 5.92. The molecule has 0 saturated carbocycles. The van der Waals surface area contributed by atoms with E-state index in [0.717, 1.165) is 18.7 Å². The van der Waals surface area contributed by atoms with Gasteiger partial charge in [0.25, 0.3) is 0 Å². The number of anilines is 1. The first-order chi connectivity index (χ1) is 9.97. The quantitative estimate of drug-likeness (QED) is 0.859. The van der Waals surface area contributed by atoms with E-state index in [1.165, 1.54) is 18.9 Å². The number of benzene rings is 1. The highest BCUT2D eigenvalue weighted by Crippen LogP contribution is 2.26. The number of nitrogens with one attached hydrogen (secondary N) is 2. The Morgan fingerprint density at radius 1 is 1.57 bits per heavy atom. The highest BCUT2D eigenvalue weighted by Gasteiger charge is 2.22. The summed E-state index contributed by atoms with van der Waals surface area (Å²) in [4.78, 5) is 12.2. The molecule has 1 fully saturated rings. The molecule has 5 heteroatoms. The summed E-state index contributed by atoms with van der Waals surface area (Å²) in [5.74, 6) is 0.592. The van der Waals surface area contributed by atoms with Gasteiger partial charge in [0.1, 0.15) is 5.82 Å². The van der Waals surface area contributed by atoms with Crippen LogP contribution >= 0.6 is 15.9 Å². The molecule has 2 rings (SSSR count). The lowest BCUT2D eigenvalue weighted by molar-refractivity contribution is -0.117. The number of carbonyl (C=O) groups excluding carboxylic acids is 1. The number of amides is 1. The Labute approximate surface area is 133 Å². The number of carbonyl (C=O) groups is 1. The van der Waals surface area contributed by atoms with Crippen LogP contribution in [0.2, 0.25) is 0 Å². The van der Waals surface area contributed by atoms with E-state index in [2.05, 4.69) is 33.5 Å². The summed E-state index contributed by atoms with van der Waals surface area (Å²) >= 11 is 3.15. The van der Waals surface area contributed by atoms with Gasteiger partial charge < -0.3 is 10.6 Å². The van der Waals surface area contributed by atoms with Gasteiger partial charge in [0.15, 0.2) is 0 Å². The Hall–Kier alpha value is -0.940. The fourth-order valence-electron chi connectivity index (χ4n) is 2.81. The maximum atomic E-state index is 13.4. The van der Waals surface area contributed by atoms with Crippen molar-refractivity contribution in [2.75, 3.05) is 18.4 Å². The van der Waals surface area contributed by atoms with E-state index in [1.807, 2.05) is 0 Å². The van der Waals surface area contributed by atoms with E-state index in [0.29, 0.717) is 28.4 Å². The molecule has 0 radical (unpaired) electrons. The highest BCUT2D eigenvalue weighted by atomic mass is 79.9. The Balaban J connectivity index is 1.93. The average molecular weight is 357 g/mol. The fraction of sp³-hybridized carbons (Fsp3) is 0.562. The molecule has 1 saturated heterocycles. The molecule has 0 bridgehead atoms. The van der Waals surface area contributed by atoms with Gasteiger partial charge in [-0.3, -0.25) is 4.79 Å². The molecule has 1 aromatic rings. The summed E-state index contributed by atoms with van der Waals surface area (Å²) in [5, 5.41) is 6.27. The van der Waals surface area contributed by atoms with Gasteiger partial charge in [-0.2, -0.15) is 0 Å². The molecule has 1 aliphatic heterocycles. The highest BCUT2D eigenvalue weighted by molar-refractivity contribution is 9.10. The summed E-state index contributed by atoms with van der Waals surface area (Å²) in [6.45, 7) is 6.00. The van der Waals surface area contributed by atoms with Crippen molar-refractivity contribution in [1.29, 1.82) is 0 Å². The largest absolute Gasteiger partial charge is 0.326 e. The molecule has 2 N–H and O–H groups in total. The van der Waals surface area contributed by atoms with Gasteiger partial charge >= 0.3 is 0 Å². The first-order valence-corrected chi connectivity index (χ1v) is 8.23. The first-order valence-electron chi connectivity index (χ1n) is 7.43. The van der Waals surface area contributed by atoms with Crippen molar-refractivity contribution in [3.8, 4) is 0 Å². The predicted molar refractivity (Wildman–Crippen MR) is 86.8 cm³/mol. The minimum atomic E-state index is -0.313. The number of hydrogen-bond acceptors (Lipinski definition) is 2. The molecule has 2 unspecified atom stereocenters. The van der Waals surface area contributed by atoms with Crippen molar-refractivity contribution in [2.24, 2.45) is 11.8 Å². The van der Waals surface area contributed by atoms with Gasteiger partial charge in [0, 0.05) is 12.1 Å². The molecule has 1 aliphatic rings. The molecule has 0 spiro atoms. The molecular weight excluding hydrogens is 335 g/mol. The van der Waals surface area contributed by atoms with E-state index in [1.54, 1.807) is 13.0 Å². The van der Waals surface area contributed by atoms with E-state index in [4.69, 9.17) is 0 Å². The molecule has 21 heavy (non-hydrogen) atoms. The predicted octanol–water partition coefficient (Wildman–Crippen LogP) is 3.86. The van der Waals surface area contributed by atoms with Crippen molar-refractivity contribution in [2.45, 2.75) is 33.1 Å². The van der Waals surface area contributed by atoms with E-state index < -0.39 is 0 Å². The molecule has 1 heterocycles. The van der Waals surface area contributed by atoms with Crippen molar-refractivity contribution < 1.29 is 9.18 Å². The zero-order chi connectivity index (χ0) is 15.4. The van der Waals surface area contributed by atoms with Crippen LogP contribution in [0.25, 0.3) is 0 Å². The molecule has 0 aromatic heterocycles. The lowest BCUT2D eigenvalue weighted by Gasteiger charge is -2.28. The molecule has 116 valence electrons. The van der Waals surface area contributed by atoms with Crippen LogP contribution in [-0.4, -0.2) is 19.0 Å². The van der Waals surface area contributed by atoms with Crippen LogP contribution in [0.4, 0.5) is 10.1 Å². The van der Waals surface area contributed by atoms with Gasteiger partial charge in [-0.05, 0) is 78.3 Å².